The maximum absolute atomic E-state index is 6.08. The molecule has 1 saturated heterocycles. The second-order valence-corrected chi connectivity index (χ2v) is 7.36. The molecule has 2 aliphatic rings. The molecule has 1 N–H and O–H groups in total. The number of nitrogens with one attached hydrogen (secondary N) is 1. The highest BCUT2D eigenvalue weighted by molar-refractivity contribution is 6.28. The van der Waals surface area contributed by atoms with Gasteiger partial charge in [-0.05, 0) is 55.5 Å². The van der Waals surface area contributed by atoms with Gasteiger partial charge in [-0.15, -0.1) is 0 Å². The predicted octanol–water partition coefficient (Wildman–Crippen LogP) is 3.51. The molecule has 1 aromatic rings. The maximum atomic E-state index is 6.08. The van der Waals surface area contributed by atoms with Crippen LogP contribution in [-0.2, 0) is 0 Å². The van der Waals surface area contributed by atoms with E-state index in [1.165, 1.54) is 25.7 Å². The van der Waals surface area contributed by atoms with Gasteiger partial charge in [0.05, 0.1) is 0 Å². The number of halogens is 1. The molecule has 1 unspecified atom stereocenters. The molecular weight excluding hydrogens is 286 g/mol. The number of rotatable bonds is 3. The summed E-state index contributed by atoms with van der Waals surface area (Å²) in [6, 6.07) is 0.438. The lowest BCUT2D eigenvalue weighted by Gasteiger charge is -2.27. The average Bonchev–Trinajstić information content (AvgIpc) is 2.78. The van der Waals surface area contributed by atoms with Crippen molar-refractivity contribution >= 4 is 23.5 Å². The summed E-state index contributed by atoms with van der Waals surface area (Å²) in [5.74, 6) is 1.34. The smallest absolute Gasteiger partial charge is 0.231 e. The molecule has 2 heterocycles. The average molecular weight is 310 g/mol. The van der Waals surface area contributed by atoms with Crippen LogP contribution in [0, 0.1) is 5.41 Å². The SMILES string of the molecule is CC1(C)CCC(Nc2nc(Cl)nc(N3CCCCC3)n2)C1. The Balaban J connectivity index is 1.72. The Morgan fingerprint density at radius 3 is 2.57 bits per heavy atom. The molecule has 6 heteroatoms. The Kier molecular flexibility index (Phi) is 4.20. The van der Waals surface area contributed by atoms with Crippen LogP contribution in [0.15, 0.2) is 0 Å². The predicted molar refractivity (Wildman–Crippen MR) is 85.9 cm³/mol. The van der Waals surface area contributed by atoms with Crippen LogP contribution < -0.4 is 10.2 Å². The molecule has 1 saturated carbocycles. The largest absolute Gasteiger partial charge is 0.351 e. The number of piperidine rings is 1. The molecule has 1 aliphatic carbocycles. The quantitative estimate of drug-likeness (QED) is 0.926. The van der Waals surface area contributed by atoms with Gasteiger partial charge in [0.25, 0.3) is 0 Å². The Bertz CT molecular complexity index is 499. The molecule has 2 fully saturated rings. The number of aromatic nitrogens is 3. The van der Waals surface area contributed by atoms with Gasteiger partial charge in [0.2, 0.25) is 17.2 Å². The molecule has 21 heavy (non-hydrogen) atoms. The molecule has 1 atom stereocenters. The molecule has 0 bridgehead atoms. The second-order valence-electron chi connectivity index (χ2n) is 7.02. The summed E-state index contributed by atoms with van der Waals surface area (Å²) in [6.07, 6.45) is 7.23. The van der Waals surface area contributed by atoms with Crippen LogP contribution in [0.3, 0.4) is 0 Å². The monoisotopic (exact) mass is 309 g/mol. The topological polar surface area (TPSA) is 53.9 Å². The van der Waals surface area contributed by atoms with Gasteiger partial charge in [-0.1, -0.05) is 13.8 Å². The Morgan fingerprint density at radius 2 is 1.90 bits per heavy atom. The first-order chi connectivity index (χ1) is 10.0. The summed E-state index contributed by atoms with van der Waals surface area (Å²) in [7, 11) is 0. The van der Waals surface area contributed by atoms with E-state index in [9.17, 15) is 0 Å². The molecule has 116 valence electrons. The third-order valence-electron chi connectivity index (χ3n) is 4.54. The van der Waals surface area contributed by atoms with E-state index in [4.69, 9.17) is 11.6 Å². The van der Waals surface area contributed by atoms with Crippen molar-refractivity contribution in [2.45, 2.75) is 58.4 Å². The normalized spacial score (nSPS) is 25.1. The second kappa shape index (κ2) is 5.95. The van der Waals surface area contributed by atoms with Crippen LogP contribution in [0.1, 0.15) is 52.4 Å². The molecule has 5 nitrogen and oxygen atoms in total. The van der Waals surface area contributed by atoms with Gasteiger partial charge in [-0.2, -0.15) is 15.0 Å². The fraction of sp³-hybridized carbons (Fsp3) is 0.800. The van der Waals surface area contributed by atoms with Crippen molar-refractivity contribution in [3.63, 3.8) is 0 Å². The van der Waals surface area contributed by atoms with Crippen molar-refractivity contribution < 1.29 is 0 Å². The van der Waals surface area contributed by atoms with Crippen LogP contribution in [0.2, 0.25) is 5.28 Å². The van der Waals surface area contributed by atoms with Gasteiger partial charge in [-0.3, -0.25) is 0 Å². The number of hydrogen-bond donors (Lipinski definition) is 1. The summed E-state index contributed by atoms with van der Waals surface area (Å²) >= 11 is 6.08. The maximum Gasteiger partial charge on any atom is 0.231 e. The lowest BCUT2D eigenvalue weighted by molar-refractivity contribution is 0.378. The van der Waals surface area contributed by atoms with Crippen molar-refractivity contribution in [1.82, 2.24) is 15.0 Å². The standard InChI is InChI=1S/C15H24ClN5/c1-15(2)7-6-11(10-15)17-13-18-12(16)19-14(20-13)21-8-4-3-5-9-21/h11H,3-10H2,1-2H3,(H,17,18,19,20). The van der Waals surface area contributed by atoms with Crippen molar-refractivity contribution in [1.29, 1.82) is 0 Å². The van der Waals surface area contributed by atoms with E-state index in [2.05, 4.69) is 39.0 Å². The van der Waals surface area contributed by atoms with Gasteiger partial charge >= 0.3 is 0 Å². The van der Waals surface area contributed by atoms with E-state index < -0.39 is 0 Å². The first-order valence-electron chi connectivity index (χ1n) is 7.95. The number of hydrogen-bond acceptors (Lipinski definition) is 5. The van der Waals surface area contributed by atoms with Gasteiger partial charge in [0.1, 0.15) is 0 Å². The van der Waals surface area contributed by atoms with Crippen molar-refractivity contribution in [2.24, 2.45) is 5.41 Å². The fourth-order valence-electron chi connectivity index (χ4n) is 3.38. The molecule has 1 aliphatic heterocycles. The molecule has 0 amide bonds. The third-order valence-corrected chi connectivity index (χ3v) is 4.71. The van der Waals surface area contributed by atoms with Gasteiger partial charge in [-0.25, -0.2) is 0 Å². The van der Waals surface area contributed by atoms with Crippen LogP contribution in [-0.4, -0.2) is 34.1 Å². The molecule has 1 aromatic heterocycles. The Morgan fingerprint density at radius 1 is 1.14 bits per heavy atom. The zero-order valence-electron chi connectivity index (χ0n) is 12.9. The minimum absolute atomic E-state index is 0.283. The van der Waals surface area contributed by atoms with Crippen LogP contribution in [0.5, 0.6) is 0 Å². The highest BCUT2D eigenvalue weighted by atomic mass is 35.5. The summed E-state index contributed by atoms with van der Waals surface area (Å²) in [5, 5.41) is 3.73. The summed E-state index contributed by atoms with van der Waals surface area (Å²) in [5.41, 5.74) is 0.407. The van der Waals surface area contributed by atoms with Crippen LogP contribution in [0.4, 0.5) is 11.9 Å². The minimum atomic E-state index is 0.283. The third kappa shape index (κ3) is 3.76. The molecule has 0 radical (unpaired) electrons. The highest BCUT2D eigenvalue weighted by Gasteiger charge is 2.31. The van der Waals surface area contributed by atoms with E-state index >= 15 is 0 Å². The van der Waals surface area contributed by atoms with E-state index in [1.54, 1.807) is 0 Å². The zero-order valence-corrected chi connectivity index (χ0v) is 13.7. The summed E-state index contributed by atoms with van der Waals surface area (Å²) in [6.45, 7) is 6.65. The van der Waals surface area contributed by atoms with Crippen molar-refractivity contribution in [2.75, 3.05) is 23.3 Å². The van der Waals surface area contributed by atoms with Gasteiger partial charge in [0.15, 0.2) is 0 Å². The summed E-state index contributed by atoms with van der Waals surface area (Å²) < 4.78 is 0. The van der Waals surface area contributed by atoms with Crippen molar-refractivity contribution in [3.8, 4) is 0 Å². The van der Waals surface area contributed by atoms with Crippen LogP contribution in [0.25, 0.3) is 0 Å². The minimum Gasteiger partial charge on any atom is -0.351 e. The van der Waals surface area contributed by atoms with E-state index in [0.29, 0.717) is 17.4 Å². The van der Waals surface area contributed by atoms with E-state index in [1.807, 2.05) is 0 Å². The summed E-state index contributed by atoms with van der Waals surface area (Å²) in [4.78, 5) is 15.3. The highest BCUT2D eigenvalue weighted by Crippen LogP contribution is 2.38. The molecule has 0 aromatic carbocycles. The number of nitrogens with zero attached hydrogens (tertiary/aromatic N) is 4. The van der Waals surface area contributed by atoms with Gasteiger partial charge < -0.3 is 10.2 Å². The van der Waals surface area contributed by atoms with Crippen LogP contribution >= 0.6 is 11.6 Å². The van der Waals surface area contributed by atoms with E-state index in [0.717, 1.165) is 31.9 Å². The molecule has 0 spiro atoms. The first kappa shape index (κ1) is 14.8. The van der Waals surface area contributed by atoms with Gasteiger partial charge in [0, 0.05) is 19.1 Å². The van der Waals surface area contributed by atoms with Crippen molar-refractivity contribution in [3.05, 3.63) is 5.28 Å². The fourth-order valence-corrected chi connectivity index (χ4v) is 3.54. The zero-order chi connectivity index (χ0) is 14.9. The molecular formula is C15H24ClN5. The lowest BCUT2D eigenvalue weighted by atomic mass is 9.92. The molecule has 3 rings (SSSR count). The Hall–Kier alpha value is -1.10. The van der Waals surface area contributed by atoms with E-state index in [-0.39, 0.29) is 5.28 Å². The Labute approximate surface area is 131 Å². The first-order valence-corrected chi connectivity index (χ1v) is 8.33. The number of anilines is 2. The lowest BCUT2D eigenvalue weighted by Crippen LogP contribution is -2.31.